The summed E-state index contributed by atoms with van der Waals surface area (Å²) >= 11 is 0. The summed E-state index contributed by atoms with van der Waals surface area (Å²) in [7, 11) is 4.19. The number of likely N-dealkylation sites (tertiary alicyclic amines) is 1. The molecule has 0 amide bonds. The molecule has 0 bridgehead atoms. The fraction of sp³-hybridized carbons (Fsp3) is 0.500. The zero-order valence-corrected chi connectivity index (χ0v) is 11.2. The topological polar surface area (TPSA) is 44.9 Å². The molecule has 0 saturated carbocycles. The molecule has 0 radical (unpaired) electrons. The van der Waals surface area contributed by atoms with Gasteiger partial charge in [0.05, 0.1) is 5.69 Å². The van der Waals surface area contributed by atoms with Crippen molar-refractivity contribution in [3.8, 4) is 0 Å². The van der Waals surface area contributed by atoms with E-state index in [0.29, 0.717) is 12.0 Å². The Morgan fingerprint density at radius 2 is 2.11 bits per heavy atom. The van der Waals surface area contributed by atoms with Gasteiger partial charge in [-0.2, -0.15) is 0 Å². The minimum atomic E-state index is 0.469. The molecule has 1 aromatic carbocycles. The minimum absolute atomic E-state index is 0.469. The van der Waals surface area contributed by atoms with Crippen LogP contribution in [-0.4, -0.2) is 49.0 Å². The SMILES string of the molecule is CN1CCCC(N(C)C(N)=Nc2ccccc2)C1. The molecule has 2 N–H and O–H groups in total. The molecule has 0 aromatic heterocycles. The van der Waals surface area contributed by atoms with Gasteiger partial charge < -0.3 is 15.5 Å². The van der Waals surface area contributed by atoms with E-state index in [2.05, 4.69) is 21.8 Å². The molecular formula is C14H22N4. The van der Waals surface area contributed by atoms with Crippen molar-refractivity contribution in [3.05, 3.63) is 30.3 Å². The molecule has 4 nitrogen and oxygen atoms in total. The van der Waals surface area contributed by atoms with Crippen LogP contribution in [0, 0.1) is 0 Å². The van der Waals surface area contributed by atoms with Crippen LogP contribution >= 0.6 is 0 Å². The van der Waals surface area contributed by atoms with Crippen molar-refractivity contribution in [1.29, 1.82) is 0 Å². The molecule has 0 aliphatic carbocycles. The molecule has 1 atom stereocenters. The van der Waals surface area contributed by atoms with E-state index in [1.54, 1.807) is 0 Å². The van der Waals surface area contributed by atoms with Gasteiger partial charge in [0.25, 0.3) is 0 Å². The van der Waals surface area contributed by atoms with Gasteiger partial charge in [0, 0.05) is 19.6 Å². The summed E-state index contributed by atoms with van der Waals surface area (Å²) < 4.78 is 0. The van der Waals surface area contributed by atoms with Crippen molar-refractivity contribution in [2.45, 2.75) is 18.9 Å². The van der Waals surface area contributed by atoms with Gasteiger partial charge in [-0.25, -0.2) is 4.99 Å². The number of aliphatic imine (C=N–C) groups is 1. The third-order valence-electron chi connectivity index (χ3n) is 3.51. The highest BCUT2D eigenvalue weighted by Crippen LogP contribution is 2.15. The number of rotatable bonds is 2. The molecular weight excluding hydrogens is 224 g/mol. The van der Waals surface area contributed by atoms with Gasteiger partial charge in [-0.15, -0.1) is 0 Å². The largest absolute Gasteiger partial charge is 0.369 e. The summed E-state index contributed by atoms with van der Waals surface area (Å²) in [5, 5.41) is 0. The predicted molar refractivity (Wildman–Crippen MR) is 76.0 cm³/mol. The normalized spacial score (nSPS) is 21.9. The molecule has 1 saturated heterocycles. The Morgan fingerprint density at radius 1 is 1.39 bits per heavy atom. The van der Waals surface area contributed by atoms with Gasteiger partial charge in [0.15, 0.2) is 5.96 Å². The third-order valence-corrected chi connectivity index (χ3v) is 3.51. The number of hydrogen-bond acceptors (Lipinski definition) is 2. The molecule has 2 rings (SSSR count). The number of nitrogens with zero attached hydrogens (tertiary/aromatic N) is 3. The first-order valence-electron chi connectivity index (χ1n) is 6.47. The monoisotopic (exact) mass is 246 g/mol. The summed E-state index contributed by atoms with van der Waals surface area (Å²) in [5.74, 6) is 0.599. The maximum absolute atomic E-state index is 6.08. The van der Waals surface area contributed by atoms with Crippen LogP contribution in [-0.2, 0) is 0 Å². The summed E-state index contributed by atoms with van der Waals surface area (Å²) in [5.41, 5.74) is 6.99. The van der Waals surface area contributed by atoms with Crippen LogP contribution in [0.1, 0.15) is 12.8 Å². The van der Waals surface area contributed by atoms with Crippen molar-refractivity contribution in [2.24, 2.45) is 10.7 Å². The Kier molecular flexibility index (Phi) is 4.20. The smallest absolute Gasteiger partial charge is 0.196 e. The van der Waals surface area contributed by atoms with E-state index in [0.717, 1.165) is 12.2 Å². The molecule has 1 unspecified atom stereocenters. The molecule has 1 fully saturated rings. The van der Waals surface area contributed by atoms with Crippen LogP contribution in [0.25, 0.3) is 0 Å². The number of benzene rings is 1. The summed E-state index contributed by atoms with van der Waals surface area (Å²) in [4.78, 5) is 8.91. The van der Waals surface area contributed by atoms with E-state index in [1.807, 2.05) is 37.4 Å². The molecule has 4 heteroatoms. The second-order valence-corrected chi connectivity index (χ2v) is 4.97. The quantitative estimate of drug-likeness (QED) is 0.637. The van der Waals surface area contributed by atoms with Gasteiger partial charge in [-0.05, 0) is 38.6 Å². The van der Waals surface area contributed by atoms with Gasteiger partial charge in [-0.1, -0.05) is 18.2 Å². The Balaban J connectivity index is 2.04. The highest BCUT2D eigenvalue weighted by molar-refractivity contribution is 5.81. The van der Waals surface area contributed by atoms with E-state index >= 15 is 0 Å². The lowest BCUT2D eigenvalue weighted by Gasteiger charge is -2.36. The van der Waals surface area contributed by atoms with E-state index in [1.165, 1.54) is 19.4 Å². The Bertz CT molecular complexity index is 402. The van der Waals surface area contributed by atoms with Crippen LogP contribution in [0.4, 0.5) is 5.69 Å². The highest BCUT2D eigenvalue weighted by atomic mass is 15.3. The van der Waals surface area contributed by atoms with Crippen LogP contribution in [0.5, 0.6) is 0 Å². The average Bonchev–Trinajstić information content (AvgIpc) is 2.39. The van der Waals surface area contributed by atoms with Crippen LogP contribution in [0.3, 0.4) is 0 Å². The van der Waals surface area contributed by atoms with Gasteiger partial charge in [0.1, 0.15) is 0 Å². The second kappa shape index (κ2) is 5.87. The van der Waals surface area contributed by atoms with Crippen molar-refractivity contribution < 1.29 is 0 Å². The highest BCUT2D eigenvalue weighted by Gasteiger charge is 2.22. The molecule has 1 aliphatic rings. The number of para-hydroxylation sites is 1. The standard InChI is InChI=1S/C14H22N4/c1-17-10-6-9-13(11-17)18(2)14(15)16-12-7-4-3-5-8-12/h3-5,7-8,13H,6,9-11H2,1-2H3,(H2,15,16). The average molecular weight is 246 g/mol. The molecule has 0 spiro atoms. The van der Waals surface area contributed by atoms with Gasteiger partial charge >= 0.3 is 0 Å². The van der Waals surface area contributed by atoms with Gasteiger partial charge in [0.2, 0.25) is 0 Å². The lowest BCUT2D eigenvalue weighted by molar-refractivity contribution is 0.181. The molecule has 18 heavy (non-hydrogen) atoms. The first-order chi connectivity index (χ1) is 8.66. The fourth-order valence-corrected chi connectivity index (χ4v) is 2.36. The van der Waals surface area contributed by atoms with E-state index in [9.17, 15) is 0 Å². The van der Waals surface area contributed by atoms with Crippen molar-refractivity contribution in [3.63, 3.8) is 0 Å². The van der Waals surface area contributed by atoms with Crippen LogP contribution in [0.15, 0.2) is 35.3 Å². The predicted octanol–water partition coefficient (Wildman–Crippen LogP) is 1.66. The van der Waals surface area contributed by atoms with Crippen LogP contribution < -0.4 is 5.73 Å². The summed E-state index contributed by atoms with van der Waals surface area (Å²) in [6, 6.07) is 10.3. The number of hydrogen-bond donors (Lipinski definition) is 1. The van der Waals surface area contributed by atoms with Gasteiger partial charge in [-0.3, -0.25) is 0 Å². The van der Waals surface area contributed by atoms with E-state index in [4.69, 9.17) is 5.73 Å². The number of likely N-dealkylation sites (N-methyl/N-ethyl adjacent to an activating group) is 2. The van der Waals surface area contributed by atoms with E-state index in [-0.39, 0.29) is 0 Å². The van der Waals surface area contributed by atoms with Crippen molar-refractivity contribution in [2.75, 3.05) is 27.2 Å². The summed E-state index contributed by atoms with van der Waals surface area (Å²) in [6.07, 6.45) is 2.41. The lowest BCUT2D eigenvalue weighted by atomic mass is 10.1. The number of nitrogens with two attached hydrogens (primary N) is 1. The Hall–Kier alpha value is -1.55. The van der Waals surface area contributed by atoms with E-state index < -0.39 is 0 Å². The first-order valence-corrected chi connectivity index (χ1v) is 6.47. The Labute approximate surface area is 109 Å². The summed E-state index contributed by atoms with van der Waals surface area (Å²) in [6.45, 7) is 2.24. The second-order valence-electron chi connectivity index (χ2n) is 4.97. The van der Waals surface area contributed by atoms with Crippen molar-refractivity contribution >= 4 is 11.6 Å². The fourth-order valence-electron chi connectivity index (χ4n) is 2.36. The molecule has 1 heterocycles. The zero-order valence-electron chi connectivity index (χ0n) is 11.2. The molecule has 98 valence electrons. The third kappa shape index (κ3) is 3.23. The first kappa shape index (κ1) is 12.9. The maximum atomic E-state index is 6.08. The number of guanidine groups is 1. The van der Waals surface area contributed by atoms with Crippen LogP contribution in [0.2, 0.25) is 0 Å². The molecule has 1 aromatic rings. The Morgan fingerprint density at radius 3 is 2.78 bits per heavy atom. The molecule has 1 aliphatic heterocycles. The maximum Gasteiger partial charge on any atom is 0.196 e. The zero-order chi connectivity index (χ0) is 13.0. The lowest BCUT2D eigenvalue weighted by Crippen LogP contribution is -2.49. The minimum Gasteiger partial charge on any atom is -0.369 e. The van der Waals surface area contributed by atoms with Crippen molar-refractivity contribution in [1.82, 2.24) is 9.80 Å². The number of piperidine rings is 1.